The van der Waals surface area contributed by atoms with E-state index in [1.54, 1.807) is 12.1 Å². The maximum Gasteiger partial charge on any atom is 0.331 e. The first-order valence-electron chi connectivity index (χ1n) is 9.84. The maximum atomic E-state index is 12.8. The quantitative estimate of drug-likeness (QED) is 0.467. The Morgan fingerprint density at radius 3 is 2.18 bits per heavy atom. The standard InChI is InChI=1S/C23H21NO4/c25-19(28-18-9-5-4-8-17(18)14-6-2-1-3-7-14)13-24-22(26)20-15-10-11-16(12-15)21(20)23(24)27/h1-9,15-16,20-21H,10-13H2/t15-,16+,20-,21-/m0/s1. The summed E-state index contributed by atoms with van der Waals surface area (Å²) in [4.78, 5) is 39.2. The summed E-state index contributed by atoms with van der Waals surface area (Å²) in [6.45, 7) is -0.312. The van der Waals surface area contributed by atoms with Crippen molar-refractivity contribution in [3.8, 4) is 16.9 Å². The van der Waals surface area contributed by atoms with E-state index in [2.05, 4.69) is 0 Å². The summed E-state index contributed by atoms with van der Waals surface area (Å²) in [5.74, 6) is -0.328. The van der Waals surface area contributed by atoms with E-state index in [4.69, 9.17) is 4.74 Å². The molecule has 0 radical (unpaired) electrons. The van der Waals surface area contributed by atoms with Crippen LogP contribution in [0.25, 0.3) is 11.1 Å². The molecule has 4 atom stereocenters. The number of hydrogen-bond donors (Lipinski definition) is 0. The Balaban J connectivity index is 1.33. The number of para-hydroxylation sites is 1. The van der Waals surface area contributed by atoms with E-state index in [1.165, 1.54) is 0 Å². The molecule has 0 aromatic heterocycles. The molecule has 2 amide bonds. The molecule has 1 heterocycles. The number of rotatable bonds is 4. The predicted octanol–water partition coefficient (Wildman–Crippen LogP) is 3.29. The molecule has 5 rings (SSSR count). The van der Waals surface area contributed by atoms with Gasteiger partial charge in [0.05, 0.1) is 11.8 Å². The average Bonchev–Trinajstić information content (AvgIpc) is 3.39. The van der Waals surface area contributed by atoms with Crippen LogP contribution in [0.5, 0.6) is 5.75 Å². The zero-order chi connectivity index (χ0) is 19.3. The highest BCUT2D eigenvalue weighted by Gasteiger charge is 2.61. The number of carbonyl (C=O) groups excluding carboxylic acids is 3. The van der Waals surface area contributed by atoms with Crippen molar-refractivity contribution in [1.82, 2.24) is 4.90 Å². The van der Waals surface area contributed by atoms with Gasteiger partial charge >= 0.3 is 5.97 Å². The molecule has 1 aliphatic heterocycles. The summed E-state index contributed by atoms with van der Waals surface area (Å²) in [6.07, 6.45) is 3.02. The molecule has 5 heteroatoms. The summed E-state index contributed by atoms with van der Waals surface area (Å²) < 4.78 is 5.56. The van der Waals surface area contributed by atoms with Gasteiger partial charge in [-0.15, -0.1) is 0 Å². The number of benzene rings is 2. The molecule has 142 valence electrons. The number of carbonyl (C=O) groups is 3. The molecule has 1 saturated heterocycles. The smallest absolute Gasteiger partial charge is 0.331 e. The largest absolute Gasteiger partial charge is 0.425 e. The van der Waals surface area contributed by atoms with Crippen LogP contribution in [-0.4, -0.2) is 29.2 Å². The van der Waals surface area contributed by atoms with Gasteiger partial charge in [-0.05, 0) is 42.7 Å². The third-order valence-electron chi connectivity index (χ3n) is 6.50. The summed E-state index contributed by atoms with van der Waals surface area (Å²) in [7, 11) is 0. The van der Waals surface area contributed by atoms with Gasteiger partial charge in [0, 0.05) is 5.56 Å². The molecule has 2 aromatic rings. The molecular weight excluding hydrogens is 354 g/mol. The molecule has 0 N–H and O–H groups in total. The number of nitrogens with zero attached hydrogens (tertiary/aromatic N) is 1. The van der Waals surface area contributed by atoms with Crippen molar-refractivity contribution in [1.29, 1.82) is 0 Å². The van der Waals surface area contributed by atoms with E-state index < -0.39 is 5.97 Å². The van der Waals surface area contributed by atoms with E-state index in [-0.39, 0.29) is 30.2 Å². The van der Waals surface area contributed by atoms with Gasteiger partial charge in [-0.2, -0.15) is 0 Å². The predicted molar refractivity (Wildman–Crippen MR) is 102 cm³/mol. The number of hydrogen-bond acceptors (Lipinski definition) is 4. The van der Waals surface area contributed by atoms with E-state index in [0.717, 1.165) is 35.3 Å². The molecule has 2 aromatic carbocycles. The van der Waals surface area contributed by atoms with Gasteiger partial charge in [0.2, 0.25) is 11.8 Å². The first kappa shape index (κ1) is 17.2. The number of esters is 1. The molecule has 3 fully saturated rings. The second-order valence-electron chi connectivity index (χ2n) is 7.98. The van der Waals surface area contributed by atoms with Crippen molar-refractivity contribution in [3.05, 3.63) is 54.6 Å². The Morgan fingerprint density at radius 1 is 0.893 bits per heavy atom. The Kier molecular flexibility index (Phi) is 4.04. The molecule has 2 bridgehead atoms. The van der Waals surface area contributed by atoms with Crippen LogP contribution in [0.2, 0.25) is 0 Å². The van der Waals surface area contributed by atoms with Gasteiger partial charge in [0.15, 0.2) is 0 Å². The third kappa shape index (κ3) is 2.65. The van der Waals surface area contributed by atoms with Crippen molar-refractivity contribution in [2.24, 2.45) is 23.7 Å². The van der Waals surface area contributed by atoms with Crippen molar-refractivity contribution >= 4 is 17.8 Å². The van der Waals surface area contributed by atoms with Crippen LogP contribution in [0.1, 0.15) is 19.3 Å². The van der Waals surface area contributed by atoms with Crippen LogP contribution in [0.3, 0.4) is 0 Å². The van der Waals surface area contributed by atoms with Crippen LogP contribution in [0.15, 0.2) is 54.6 Å². The van der Waals surface area contributed by atoms with Gasteiger partial charge in [-0.25, -0.2) is 4.79 Å². The van der Waals surface area contributed by atoms with Crippen molar-refractivity contribution in [2.75, 3.05) is 6.54 Å². The third-order valence-corrected chi connectivity index (χ3v) is 6.50. The molecule has 2 aliphatic carbocycles. The van der Waals surface area contributed by atoms with Crippen LogP contribution >= 0.6 is 0 Å². The molecule has 2 saturated carbocycles. The molecule has 0 unspecified atom stereocenters. The first-order valence-corrected chi connectivity index (χ1v) is 9.84. The summed E-state index contributed by atoms with van der Waals surface area (Å²) in [5.41, 5.74) is 1.73. The van der Waals surface area contributed by atoms with E-state index in [0.29, 0.717) is 17.6 Å². The lowest BCUT2D eigenvalue weighted by molar-refractivity contribution is -0.148. The summed E-state index contributed by atoms with van der Waals surface area (Å²) in [6, 6.07) is 16.9. The highest BCUT2D eigenvalue weighted by molar-refractivity contribution is 6.08. The highest BCUT2D eigenvalue weighted by atomic mass is 16.5. The van der Waals surface area contributed by atoms with E-state index in [9.17, 15) is 14.4 Å². The number of ether oxygens (including phenoxy) is 1. The van der Waals surface area contributed by atoms with E-state index in [1.807, 2.05) is 42.5 Å². The van der Waals surface area contributed by atoms with Crippen LogP contribution in [-0.2, 0) is 14.4 Å². The fraction of sp³-hybridized carbons (Fsp3) is 0.348. The van der Waals surface area contributed by atoms with Crippen molar-refractivity contribution in [2.45, 2.75) is 19.3 Å². The van der Waals surface area contributed by atoms with Gasteiger partial charge < -0.3 is 4.74 Å². The molecule has 3 aliphatic rings. The van der Waals surface area contributed by atoms with Gasteiger partial charge in [-0.1, -0.05) is 48.5 Å². The SMILES string of the molecule is O=C(CN1C(=O)[C@H]2[C@@H]3CC[C@@H](C3)[C@@H]2C1=O)Oc1ccccc1-c1ccccc1. The fourth-order valence-corrected chi connectivity index (χ4v) is 5.32. The Labute approximate surface area is 163 Å². The molecule has 5 nitrogen and oxygen atoms in total. The molecule has 0 spiro atoms. The minimum absolute atomic E-state index is 0.185. The van der Waals surface area contributed by atoms with Crippen LogP contribution in [0, 0.1) is 23.7 Å². The first-order chi connectivity index (χ1) is 13.6. The molecular formula is C23H21NO4. The lowest BCUT2D eigenvalue weighted by atomic mass is 9.81. The van der Waals surface area contributed by atoms with Gasteiger partial charge in [0.1, 0.15) is 12.3 Å². The zero-order valence-corrected chi connectivity index (χ0v) is 15.4. The van der Waals surface area contributed by atoms with Crippen molar-refractivity contribution < 1.29 is 19.1 Å². The summed E-state index contributed by atoms with van der Waals surface area (Å²) >= 11 is 0. The minimum atomic E-state index is -0.586. The Morgan fingerprint density at radius 2 is 1.50 bits per heavy atom. The average molecular weight is 375 g/mol. The second-order valence-corrected chi connectivity index (χ2v) is 7.98. The van der Waals surface area contributed by atoms with Gasteiger partial charge in [-0.3, -0.25) is 14.5 Å². The fourth-order valence-electron chi connectivity index (χ4n) is 5.32. The number of imide groups is 1. The Hall–Kier alpha value is -2.95. The number of amides is 2. The van der Waals surface area contributed by atoms with Crippen LogP contribution < -0.4 is 4.74 Å². The Bertz CT molecular complexity index is 926. The van der Waals surface area contributed by atoms with E-state index >= 15 is 0 Å². The number of likely N-dealkylation sites (tertiary alicyclic amines) is 1. The summed E-state index contributed by atoms with van der Waals surface area (Å²) in [5, 5.41) is 0. The molecule has 28 heavy (non-hydrogen) atoms. The zero-order valence-electron chi connectivity index (χ0n) is 15.4. The number of fused-ring (bicyclic) bond motifs is 5. The normalized spacial score (nSPS) is 27.9. The van der Waals surface area contributed by atoms with Crippen LogP contribution in [0.4, 0.5) is 0 Å². The lowest BCUT2D eigenvalue weighted by Gasteiger charge is -2.19. The highest BCUT2D eigenvalue weighted by Crippen LogP contribution is 2.56. The lowest BCUT2D eigenvalue weighted by Crippen LogP contribution is -2.38. The second kappa shape index (κ2) is 6.59. The van der Waals surface area contributed by atoms with Gasteiger partial charge in [0.25, 0.3) is 0 Å². The topological polar surface area (TPSA) is 63.7 Å². The monoisotopic (exact) mass is 375 g/mol. The minimum Gasteiger partial charge on any atom is -0.425 e. The maximum absolute atomic E-state index is 12.8. The van der Waals surface area contributed by atoms with Crippen molar-refractivity contribution in [3.63, 3.8) is 0 Å².